The largest absolute Gasteiger partial charge is 0.420 e. The highest BCUT2D eigenvalue weighted by molar-refractivity contribution is 5.94. The summed E-state index contributed by atoms with van der Waals surface area (Å²) in [5, 5.41) is 15.7. The molecule has 0 aliphatic heterocycles. The number of nitrogens with one attached hydrogen (secondary N) is 1. The molecule has 4 rings (SSSR count). The van der Waals surface area contributed by atoms with Crippen LogP contribution in [0.15, 0.2) is 65.1 Å². The molecule has 0 bridgehead atoms. The van der Waals surface area contributed by atoms with E-state index in [0.29, 0.717) is 35.5 Å². The predicted molar refractivity (Wildman–Crippen MR) is 127 cm³/mol. The van der Waals surface area contributed by atoms with Crippen molar-refractivity contribution in [1.29, 1.82) is 0 Å². The molecule has 2 heterocycles. The number of aromatic nitrogens is 4. The molecule has 0 radical (unpaired) electrons. The van der Waals surface area contributed by atoms with E-state index < -0.39 is 0 Å². The maximum Gasteiger partial charge on any atom is 0.268 e. The van der Waals surface area contributed by atoms with E-state index in [9.17, 15) is 4.79 Å². The van der Waals surface area contributed by atoms with Gasteiger partial charge in [0.1, 0.15) is 5.69 Å². The first-order valence-corrected chi connectivity index (χ1v) is 11.3. The fourth-order valence-corrected chi connectivity index (χ4v) is 3.73. The van der Waals surface area contributed by atoms with Gasteiger partial charge >= 0.3 is 0 Å². The van der Waals surface area contributed by atoms with Crippen molar-refractivity contribution < 1.29 is 9.21 Å². The highest BCUT2D eigenvalue weighted by atomic mass is 16.4. The number of benzene rings is 2. The van der Waals surface area contributed by atoms with Gasteiger partial charge in [-0.1, -0.05) is 50.2 Å². The molecule has 0 aliphatic rings. The molecule has 1 amide bonds. The molecule has 0 saturated heterocycles. The molecule has 0 fully saturated rings. The van der Waals surface area contributed by atoms with Crippen LogP contribution >= 0.6 is 0 Å². The zero-order valence-electron chi connectivity index (χ0n) is 19.3. The third-order valence-electron chi connectivity index (χ3n) is 5.27. The topological polar surface area (TPSA) is 85.8 Å². The lowest BCUT2D eigenvalue weighted by molar-refractivity contribution is 0.0953. The molecule has 1 N–H and O–H groups in total. The van der Waals surface area contributed by atoms with Gasteiger partial charge in [0.2, 0.25) is 5.89 Å². The Morgan fingerprint density at radius 3 is 2.61 bits per heavy atom. The first-order valence-electron chi connectivity index (χ1n) is 11.3. The Labute approximate surface area is 193 Å². The first-order chi connectivity index (χ1) is 16.0. The Balaban J connectivity index is 1.49. The van der Waals surface area contributed by atoms with Crippen molar-refractivity contribution in [3.63, 3.8) is 0 Å². The Kier molecular flexibility index (Phi) is 6.98. The van der Waals surface area contributed by atoms with Crippen LogP contribution in [0.25, 0.3) is 17.3 Å². The van der Waals surface area contributed by atoms with Crippen LogP contribution < -0.4 is 5.32 Å². The average molecular weight is 444 g/mol. The molecule has 0 spiro atoms. The van der Waals surface area contributed by atoms with Crippen molar-refractivity contribution in [3.05, 3.63) is 83.4 Å². The van der Waals surface area contributed by atoms with Gasteiger partial charge < -0.3 is 9.73 Å². The summed E-state index contributed by atoms with van der Waals surface area (Å²) in [6.07, 6.45) is 2.65. The van der Waals surface area contributed by atoms with Gasteiger partial charge in [-0.2, -0.15) is 5.10 Å². The lowest BCUT2D eigenvalue weighted by atomic mass is 10.1. The van der Waals surface area contributed by atoms with Crippen molar-refractivity contribution in [3.8, 4) is 17.3 Å². The van der Waals surface area contributed by atoms with Crippen LogP contribution in [0.5, 0.6) is 0 Å². The first kappa shape index (κ1) is 22.5. The fourth-order valence-electron chi connectivity index (χ4n) is 3.73. The van der Waals surface area contributed by atoms with Gasteiger partial charge in [-0.3, -0.25) is 4.79 Å². The zero-order valence-corrected chi connectivity index (χ0v) is 19.3. The van der Waals surface area contributed by atoms with Gasteiger partial charge in [-0.05, 0) is 55.0 Å². The average Bonchev–Trinajstić information content (AvgIpc) is 3.43. The summed E-state index contributed by atoms with van der Waals surface area (Å²) in [4.78, 5) is 12.8. The quantitative estimate of drug-likeness (QED) is 0.376. The van der Waals surface area contributed by atoms with E-state index in [0.717, 1.165) is 30.6 Å². The van der Waals surface area contributed by atoms with Gasteiger partial charge in [-0.25, -0.2) is 4.68 Å². The van der Waals surface area contributed by atoms with Crippen LogP contribution in [0.2, 0.25) is 0 Å². The van der Waals surface area contributed by atoms with E-state index in [-0.39, 0.29) is 5.91 Å². The lowest BCUT2D eigenvalue weighted by Crippen LogP contribution is -2.25. The number of hydrogen-bond donors (Lipinski definition) is 1. The van der Waals surface area contributed by atoms with E-state index in [1.165, 1.54) is 5.56 Å². The molecular formula is C26H29N5O2. The highest BCUT2D eigenvalue weighted by Gasteiger charge is 2.17. The SMILES string of the molecule is Cc1nnc(-c2cc(CC(C)C)n(-c3cccc(C(=O)NCCCc4ccccc4)c3)n2)o1. The van der Waals surface area contributed by atoms with Crippen molar-refractivity contribution in [2.45, 2.75) is 40.0 Å². The van der Waals surface area contributed by atoms with Crippen molar-refractivity contribution in [2.75, 3.05) is 6.54 Å². The second kappa shape index (κ2) is 10.3. The van der Waals surface area contributed by atoms with Crippen LogP contribution in [-0.4, -0.2) is 32.4 Å². The number of rotatable bonds is 9. The molecule has 4 aromatic rings. The van der Waals surface area contributed by atoms with E-state index in [1.807, 2.05) is 53.2 Å². The standard InChI is InChI=1S/C26H29N5O2/c1-18(2)15-23-17-24(26-29-28-19(3)33-26)30-31(23)22-13-7-12-21(16-22)25(32)27-14-8-11-20-9-5-4-6-10-20/h4-7,9-10,12-13,16-18H,8,11,14-15H2,1-3H3,(H,27,32). The minimum atomic E-state index is -0.0878. The van der Waals surface area contributed by atoms with Gasteiger partial charge in [-0.15, -0.1) is 10.2 Å². The van der Waals surface area contributed by atoms with E-state index in [2.05, 4.69) is 41.5 Å². The third-order valence-corrected chi connectivity index (χ3v) is 5.27. The second-order valence-electron chi connectivity index (χ2n) is 8.55. The fraction of sp³-hybridized carbons (Fsp3) is 0.308. The monoisotopic (exact) mass is 443 g/mol. The highest BCUT2D eigenvalue weighted by Crippen LogP contribution is 2.23. The molecular weight excluding hydrogens is 414 g/mol. The summed E-state index contributed by atoms with van der Waals surface area (Å²) in [5.74, 6) is 1.24. The van der Waals surface area contributed by atoms with Crippen LogP contribution in [0.1, 0.15) is 47.8 Å². The molecule has 33 heavy (non-hydrogen) atoms. The zero-order chi connectivity index (χ0) is 23.2. The van der Waals surface area contributed by atoms with Crippen LogP contribution in [-0.2, 0) is 12.8 Å². The molecule has 170 valence electrons. The Morgan fingerprint density at radius 1 is 1.06 bits per heavy atom. The Hall–Kier alpha value is -3.74. The lowest BCUT2D eigenvalue weighted by Gasteiger charge is -2.11. The van der Waals surface area contributed by atoms with Gasteiger partial charge in [0.25, 0.3) is 11.8 Å². The van der Waals surface area contributed by atoms with E-state index >= 15 is 0 Å². The normalized spacial score (nSPS) is 11.2. The van der Waals surface area contributed by atoms with E-state index in [1.54, 1.807) is 6.92 Å². The van der Waals surface area contributed by atoms with Crippen molar-refractivity contribution in [2.24, 2.45) is 5.92 Å². The second-order valence-corrected chi connectivity index (χ2v) is 8.55. The van der Waals surface area contributed by atoms with Gasteiger partial charge in [0, 0.05) is 24.7 Å². The maximum absolute atomic E-state index is 12.8. The van der Waals surface area contributed by atoms with Crippen LogP contribution in [0, 0.1) is 12.8 Å². The minimum Gasteiger partial charge on any atom is -0.420 e. The van der Waals surface area contributed by atoms with Crippen LogP contribution in [0.3, 0.4) is 0 Å². The number of hydrogen-bond acceptors (Lipinski definition) is 5. The Morgan fingerprint density at radius 2 is 1.88 bits per heavy atom. The molecule has 0 unspecified atom stereocenters. The molecule has 0 atom stereocenters. The summed E-state index contributed by atoms with van der Waals surface area (Å²) < 4.78 is 7.43. The summed E-state index contributed by atoms with van der Waals surface area (Å²) in [5.41, 5.74) is 4.36. The van der Waals surface area contributed by atoms with Gasteiger partial charge in [0.15, 0.2) is 0 Å². The summed E-state index contributed by atoms with van der Waals surface area (Å²) in [6, 6.07) is 19.8. The Bertz CT molecular complexity index is 1210. The van der Waals surface area contributed by atoms with Crippen molar-refractivity contribution >= 4 is 5.91 Å². The predicted octanol–water partition coefficient (Wildman–Crippen LogP) is 4.79. The molecule has 7 nitrogen and oxygen atoms in total. The molecule has 7 heteroatoms. The molecule has 2 aromatic carbocycles. The minimum absolute atomic E-state index is 0.0878. The summed E-state index contributed by atoms with van der Waals surface area (Å²) >= 11 is 0. The number of amides is 1. The maximum atomic E-state index is 12.8. The number of nitrogens with zero attached hydrogens (tertiary/aromatic N) is 4. The summed E-state index contributed by atoms with van der Waals surface area (Å²) in [7, 11) is 0. The molecule has 2 aromatic heterocycles. The van der Waals surface area contributed by atoms with Crippen molar-refractivity contribution in [1.82, 2.24) is 25.3 Å². The smallest absolute Gasteiger partial charge is 0.268 e. The molecule has 0 aliphatic carbocycles. The van der Waals surface area contributed by atoms with Crippen LogP contribution in [0.4, 0.5) is 0 Å². The third kappa shape index (κ3) is 5.74. The summed E-state index contributed by atoms with van der Waals surface area (Å²) in [6.45, 7) is 6.70. The number of carbonyl (C=O) groups excluding carboxylic acids is 1. The van der Waals surface area contributed by atoms with E-state index in [4.69, 9.17) is 9.52 Å². The molecule has 0 saturated carbocycles. The number of aryl methyl sites for hydroxylation is 2. The van der Waals surface area contributed by atoms with Gasteiger partial charge in [0.05, 0.1) is 5.69 Å². The number of carbonyl (C=O) groups is 1.